The van der Waals surface area contributed by atoms with Crippen LogP contribution < -0.4 is 10.6 Å². The predicted molar refractivity (Wildman–Crippen MR) is 74.9 cm³/mol. The normalized spacial score (nSPS) is 29.6. The minimum absolute atomic E-state index is 0.500. The maximum absolute atomic E-state index is 3.60. The Bertz CT molecular complexity index is 381. The summed E-state index contributed by atoms with van der Waals surface area (Å²) in [7, 11) is 2.20. The molecule has 0 bridgehead atoms. The molecule has 3 heteroatoms. The summed E-state index contributed by atoms with van der Waals surface area (Å²) in [5.41, 5.74) is 2.92. The molecule has 2 saturated heterocycles. The second-order valence-electron chi connectivity index (χ2n) is 5.63. The van der Waals surface area contributed by atoms with Crippen molar-refractivity contribution in [2.45, 2.75) is 18.4 Å². The van der Waals surface area contributed by atoms with E-state index in [9.17, 15) is 0 Å². The van der Waals surface area contributed by atoms with Crippen molar-refractivity contribution in [3.8, 4) is 0 Å². The highest BCUT2D eigenvalue weighted by molar-refractivity contribution is 5.28. The molecular weight excluding hydrogens is 222 g/mol. The Hall–Kier alpha value is -0.900. The van der Waals surface area contributed by atoms with E-state index < -0.39 is 0 Å². The van der Waals surface area contributed by atoms with Gasteiger partial charge in [0.25, 0.3) is 0 Å². The van der Waals surface area contributed by atoms with Gasteiger partial charge < -0.3 is 15.5 Å². The Morgan fingerprint density at radius 1 is 1.11 bits per heavy atom. The second-order valence-corrected chi connectivity index (χ2v) is 5.63. The van der Waals surface area contributed by atoms with Crippen molar-refractivity contribution in [2.24, 2.45) is 0 Å². The van der Waals surface area contributed by atoms with E-state index in [4.69, 9.17) is 0 Å². The van der Waals surface area contributed by atoms with Crippen molar-refractivity contribution in [1.82, 2.24) is 15.5 Å². The number of rotatable bonds is 2. The Morgan fingerprint density at radius 2 is 1.89 bits per heavy atom. The fourth-order valence-corrected chi connectivity index (χ4v) is 3.06. The number of hydrogen-bond acceptors (Lipinski definition) is 3. The Kier molecular flexibility index (Phi) is 3.64. The van der Waals surface area contributed by atoms with E-state index in [2.05, 4.69) is 46.8 Å². The van der Waals surface area contributed by atoms with Crippen molar-refractivity contribution >= 4 is 0 Å². The average Bonchev–Trinajstić information content (AvgIpc) is 2.93. The van der Waals surface area contributed by atoms with Gasteiger partial charge in [0, 0.05) is 32.2 Å². The van der Waals surface area contributed by atoms with Crippen LogP contribution in [0.1, 0.15) is 29.5 Å². The molecule has 2 unspecified atom stereocenters. The van der Waals surface area contributed by atoms with Gasteiger partial charge in [-0.15, -0.1) is 0 Å². The number of piperazine rings is 1. The molecule has 18 heavy (non-hydrogen) atoms. The molecule has 3 nitrogen and oxygen atoms in total. The van der Waals surface area contributed by atoms with Gasteiger partial charge in [0.05, 0.1) is 0 Å². The summed E-state index contributed by atoms with van der Waals surface area (Å²) < 4.78 is 0. The minimum Gasteiger partial charge on any atom is -0.316 e. The van der Waals surface area contributed by atoms with Crippen LogP contribution in [0, 0.1) is 0 Å². The van der Waals surface area contributed by atoms with Gasteiger partial charge in [0.2, 0.25) is 0 Å². The number of nitrogens with one attached hydrogen (secondary N) is 2. The summed E-state index contributed by atoms with van der Waals surface area (Å²) in [6, 6.07) is 9.76. The molecule has 2 aliphatic heterocycles. The van der Waals surface area contributed by atoms with E-state index in [0.717, 1.165) is 32.1 Å². The lowest BCUT2D eigenvalue weighted by Crippen LogP contribution is -2.43. The zero-order valence-corrected chi connectivity index (χ0v) is 11.2. The molecule has 2 fully saturated rings. The topological polar surface area (TPSA) is 27.3 Å². The molecule has 1 aromatic rings. The number of likely N-dealkylation sites (N-methyl/N-ethyl adjacent to an activating group) is 1. The maximum atomic E-state index is 3.60. The lowest BCUT2D eigenvalue weighted by atomic mass is 9.95. The number of benzene rings is 1. The lowest BCUT2D eigenvalue weighted by molar-refractivity contribution is 0.241. The van der Waals surface area contributed by atoms with E-state index in [0.29, 0.717) is 6.04 Å². The van der Waals surface area contributed by atoms with Crippen LogP contribution in [0.4, 0.5) is 0 Å². The summed E-state index contributed by atoms with van der Waals surface area (Å²) in [5, 5.41) is 7.04. The second kappa shape index (κ2) is 5.39. The van der Waals surface area contributed by atoms with Crippen molar-refractivity contribution < 1.29 is 0 Å². The molecule has 0 amide bonds. The SMILES string of the molecule is CN1CCNC(c2ccc(C3CCNC3)cc2)C1. The molecule has 2 aliphatic rings. The maximum Gasteiger partial charge on any atom is 0.0449 e. The molecule has 0 radical (unpaired) electrons. The third-order valence-electron chi connectivity index (χ3n) is 4.25. The zero-order chi connectivity index (χ0) is 12.4. The summed E-state index contributed by atoms with van der Waals surface area (Å²) in [6.07, 6.45) is 1.28. The zero-order valence-electron chi connectivity index (χ0n) is 11.2. The van der Waals surface area contributed by atoms with Crippen LogP contribution in [0.2, 0.25) is 0 Å². The fourth-order valence-electron chi connectivity index (χ4n) is 3.06. The lowest BCUT2D eigenvalue weighted by Gasteiger charge is -2.31. The average molecular weight is 245 g/mol. The minimum atomic E-state index is 0.500. The third kappa shape index (κ3) is 2.58. The first-order valence-electron chi connectivity index (χ1n) is 7.05. The van der Waals surface area contributed by atoms with Gasteiger partial charge in [0.1, 0.15) is 0 Å². The Morgan fingerprint density at radius 3 is 2.56 bits per heavy atom. The Balaban J connectivity index is 1.70. The number of hydrogen-bond donors (Lipinski definition) is 2. The fraction of sp³-hybridized carbons (Fsp3) is 0.600. The van der Waals surface area contributed by atoms with Gasteiger partial charge in [0.15, 0.2) is 0 Å². The summed E-state index contributed by atoms with van der Waals surface area (Å²) in [6.45, 7) is 5.67. The van der Waals surface area contributed by atoms with Gasteiger partial charge in [-0.05, 0) is 37.1 Å². The predicted octanol–water partition coefficient (Wildman–Crippen LogP) is 1.34. The molecule has 1 aromatic carbocycles. The van der Waals surface area contributed by atoms with Crippen molar-refractivity contribution in [3.63, 3.8) is 0 Å². The molecular formula is C15H23N3. The third-order valence-corrected chi connectivity index (χ3v) is 4.25. The molecule has 3 rings (SSSR count). The summed E-state index contributed by atoms with van der Waals surface area (Å²) >= 11 is 0. The van der Waals surface area contributed by atoms with Crippen LogP contribution in [0.15, 0.2) is 24.3 Å². The highest BCUT2D eigenvalue weighted by atomic mass is 15.2. The van der Waals surface area contributed by atoms with E-state index in [1.54, 1.807) is 0 Å². The van der Waals surface area contributed by atoms with E-state index in [-0.39, 0.29) is 0 Å². The number of nitrogens with zero attached hydrogens (tertiary/aromatic N) is 1. The molecule has 98 valence electrons. The standard InChI is InChI=1S/C15H23N3/c1-18-9-8-17-15(11-18)13-4-2-12(3-5-13)14-6-7-16-10-14/h2-5,14-17H,6-11H2,1H3. The first-order valence-corrected chi connectivity index (χ1v) is 7.05. The van der Waals surface area contributed by atoms with Gasteiger partial charge in [-0.2, -0.15) is 0 Å². The monoisotopic (exact) mass is 245 g/mol. The Labute approximate surface area is 110 Å². The molecule has 0 aliphatic carbocycles. The van der Waals surface area contributed by atoms with Crippen LogP contribution in [0.5, 0.6) is 0 Å². The molecule has 2 heterocycles. The van der Waals surface area contributed by atoms with Gasteiger partial charge in [-0.1, -0.05) is 24.3 Å². The molecule has 0 aromatic heterocycles. The quantitative estimate of drug-likeness (QED) is 0.823. The first kappa shape index (κ1) is 12.2. The highest BCUT2D eigenvalue weighted by Crippen LogP contribution is 2.24. The molecule has 0 saturated carbocycles. The van der Waals surface area contributed by atoms with Crippen molar-refractivity contribution in [3.05, 3.63) is 35.4 Å². The van der Waals surface area contributed by atoms with Crippen LogP contribution in [-0.2, 0) is 0 Å². The van der Waals surface area contributed by atoms with Gasteiger partial charge >= 0.3 is 0 Å². The molecule has 2 N–H and O–H groups in total. The molecule has 2 atom stereocenters. The van der Waals surface area contributed by atoms with Crippen molar-refractivity contribution in [1.29, 1.82) is 0 Å². The van der Waals surface area contributed by atoms with Gasteiger partial charge in [-0.25, -0.2) is 0 Å². The summed E-state index contributed by atoms with van der Waals surface area (Å²) in [5.74, 6) is 0.723. The van der Waals surface area contributed by atoms with E-state index in [1.807, 2.05) is 0 Å². The van der Waals surface area contributed by atoms with Gasteiger partial charge in [-0.3, -0.25) is 0 Å². The largest absolute Gasteiger partial charge is 0.316 e. The van der Waals surface area contributed by atoms with Crippen LogP contribution in [-0.4, -0.2) is 44.7 Å². The summed E-state index contributed by atoms with van der Waals surface area (Å²) in [4.78, 5) is 2.40. The van der Waals surface area contributed by atoms with Crippen LogP contribution >= 0.6 is 0 Å². The highest BCUT2D eigenvalue weighted by Gasteiger charge is 2.19. The van der Waals surface area contributed by atoms with Crippen LogP contribution in [0.3, 0.4) is 0 Å². The van der Waals surface area contributed by atoms with Crippen molar-refractivity contribution in [2.75, 3.05) is 39.8 Å². The van der Waals surface area contributed by atoms with Crippen LogP contribution in [0.25, 0.3) is 0 Å². The smallest absolute Gasteiger partial charge is 0.0449 e. The van der Waals surface area contributed by atoms with E-state index in [1.165, 1.54) is 24.1 Å². The molecule has 0 spiro atoms. The van der Waals surface area contributed by atoms with E-state index >= 15 is 0 Å². The first-order chi connectivity index (χ1) is 8.83.